The van der Waals surface area contributed by atoms with Gasteiger partial charge in [0.05, 0.1) is 11.5 Å². The average molecular weight is 408 g/mol. The van der Waals surface area contributed by atoms with E-state index in [9.17, 15) is 14.9 Å². The highest BCUT2D eigenvalue weighted by atomic mass is 16.6. The predicted octanol–water partition coefficient (Wildman–Crippen LogP) is 4.57. The van der Waals surface area contributed by atoms with E-state index in [2.05, 4.69) is 0 Å². The van der Waals surface area contributed by atoms with Gasteiger partial charge in [0, 0.05) is 25.2 Å². The smallest absolute Gasteiger partial charge is 0.310 e. The third kappa shape index (κ3) is 4.86. The summed E-state index contributed by atoms with van der Waals surface area (Å²) in [5, 5.41) is 13.2. The first-order valence-electron chi connectivity index (χ1n) is 9.75. The molecule has 0 spiro atoms. The number of rotatable bonds is 9. The van der Waals surface area contributed by atoms with Gasteiger partial charge < -0.3 is 14.4 Å². The highest BCUT2D eigenvalue weighted by molar-refractivity contribution is 5.88. The van der Waals surface area contributed by atoms with E-state index >= 15 is 0 Å². The number of hydrogen-bond acceptors (Lipinski definition) is 5. The van der Waals surface area contributed by atoms with Crippen molar-refractivity contribution in [2.45, 2.75) is 19.9 Å². The molecular formula is C23H24N2O5. The van der Waals surface area contributed by atoms with Crippen LogP contribution in [0.3, 0.4) is 0 Å². The number of fused-ring (bicyclic) bond motifs is 1. The first-order chi connectivity index (χ1) is 14.5. The zero-order valence-electron chi connectivity index (χ0n) is 17.0. The maximum Gasteiger partial charge on any atom is 0.310 e. The van der Waals surface area contributed by atoms with Crippen molar-refractivity contribution >= 4 is 22.4 Å². The SMILES string of the molecule is CCCOc1ccc2ccccc2c1CN(C)C(=O)COc1ccccc1[N+](=O)[O-]. The number of nitro groups is 1. The number of amides is 1. The maximum absolute atomic E-state index is 12.7. The molecule has 0 saturated heterocycles. The normalized spacial score (nSPS) is 10.6. The maximum atomic E-state index is 12.7. The molecule has 0 atom stereocenters. The van der Waals surface area contributed by atoms with Crippen molar-refractivity contribution in [1.29, 1.82) is 0 Å². The summed E-state index contributed by atoms with van der Waals surface area (Å²) in [5.41, 5.74) is 0.750. The summed E-state index contributed by atoms with van der Waals surface area (Å²) in [6, 6.07) is 17.9. The van der Waals surface area contributed by atoms with Crippen LogP contribution in [0.2, 0.25) is 0 Å². The second-order valence-electron chi connectivity index (χ2n) is 6.88. The second kappa shape index (κ2) is 9.73. The Labute approximate surface area is 175 Å². The van der Waals surface area contributed by atoms with Crippen LogP contribution in [-0.2, 0) is 11.3 Å². The first-order valence-corrected chi connectivity index (χ1v) is 9.75. The molecule has 3 rings (SSSR count). The van der Waals surface area contributed by atoms with Crippen molar-refractivity contribution in [3.05, 3.63) is 76.3 Å². The molecule has 0 aromatic heterocycles. The predicted molar refractivity (Wildman–Crippen MR) is 115 cm³/mol. The molecule has 0 unspecified atom stereocenters. The molecule has 7 nitrogen and oxygen atoms in total. The van der Waals surface area contributed by atoms with E-state index in [1.807, 2.05) is 43.3 Å². The summed E-state index contributed by atoms with van der Waals surface area (Å²) in [7, 11) is 1.68. The van der Waals surface area contributed by atoms with Gasteiger partial charge in [0.1, 0.15) is 5.75 Å². The molecule has 0 radical (unpaired) electrons. The molecule has 1 amide bonds. The van der Waals surface area contributed by atoms with Crippen molar-refractivity contribution < 1.29 is 19.2 Å². The fourth-order valence-electron chi connectivity index (χ4n) is 3.13. The minimum atomic E-state index is -0.531. The van der Waals surface area contributed by atoms with Crippen LogP contribution in [0.1, 0.15) is 18.9 Å². The lowest BCUT2D eigenvalue weighted by atomic mass is 10.0. The molecule has 0 aliphatic heterocycles. The molecule has 0 N–H and O–H groups in total. The van der Waals surface area contributed by atoms with Crippen LogP contribution in [-0.4, -0.2) is 36.0 Å². The van der Waals surface area contributed by atoms with Crippen molar-refractivity contribution in [2.24, 2.45) is 0 Å². The van der Waals surface area contributed by atoms with E-state index in [4.69, 9.17) is 9.47 Å². The summed E-state index contributed by atoms with van der Waals surface area (Å²) in [4.78, 5) is 24.8. The van der Waals surface area contributed by atoms with Gasteiger partial charge in [-0.1, -0.05) is 49.4 Å². The van der Waals surface area contributed by atoms with E-state index in [0.717, 1.165) is 28.5 Å². The number of para-hydroxylation sites is 2. The van der Waals surface area contributed by atoms with Gasteiger partial charge in [-0.15, -0.1) is 0 Å². The fourth-order valence-corrected chi connectivity index (χ4v) is 3.13. The number of benzene rings is 3. The number of carbonyl (C=O) groups excluding carboxylic acids is 1. The van der Waals surface area contributed by atoms with Crippen LogP contribution in [0.5, 0.6) is 11.5 Å². The number of nitrogens with zero attached hydrogens (tertiary/aromatic N) is 2. The van der Waals surface area contributed by atoms with Gasteiger partial charge in [-0.2, -0.15) is 0 Å². The number of nitro benzene ring substituents is 1. The van der Waals surface area contributed by atoms with E-state index in [0.29, 0.717) is 13.2 Å². The molecule has 3 aromatic rings. The molecular weight excluding hydrogens is 384 g/mol. The van der Waals surface area contributed by atoms with Crippen LogP contribution in [0.15, 0.2) is 60.7 Å². The number of carbonyl (C=O) groups is 1. The van der Waals surface area contributed by atoms with Gasteiger partial charge in [0.2, 0.25) is 0 Å². The third-order valence-corrected chi connectivity index (χ3v) is 4.69. The summed E-state index contributed by atoms with van der Waals surface area (Å²) in [6.07, 6.45) is 0.880. The minimum absolute atomic E-state index is 0.0707. The molecule has 0 bridgehead atoms. The molecule has 3 aromatic carbocycles. The molecule has 0 fully saturated rings. The molecule has 0 heterocycles. The zero-order valence-corrected chi connectivity index (χ0v) is 17.0. The van der Waals surface area contributed by atoms with Gasteiger partial charge in [0.25, 0.3) is 5.91 Å². The Balaban J connectivity index is 1.76. The molecule has 156 valence electrons. The first kappa shape index (κ1) is 21.1. The van der Waals surface area contributed by atoms with Gasteiger partial charge in [0.15, 0.2) is 12.4 Å². The van der Waals surface area contributed by atoms with Crippen molar-refractivity contribution in [2.75, 3.05) is 20.3 Å². The standard InChI is InChI=1S/C23H24N2O5/c1-3-14-29-21-13-12-17-8-4-5-9-18(17)19(21)15-24(2)23(26)16-30-22-11-7-6-10-20(22)25(27)28/h4-13H,3,14-16H2,1-2H3. The van der Waals surface area contributed by atoms with Crippen LogP contribution in [0.4, 0.5) is 5.69 Å². The lowest BCUT2D eigenvalue weighted by Crippen LogP contribution is -2.31. The average Bonchev–Trinajstić information content (AvgIpc) is 2.76. The molecule has 0 saturated carbocycles. The second-order valence-corrected chi connectivity index (χ2v) is 6.88. The summed E-state index contributed by atoms with van der Waals surface area (Å²) in [5.74, 6) is 0.527. The topological polar surface area (TPSA) is 81.9 Å². The highest BCUT2D eigenvalue weighted by Gasteiger charge is 2.18. The van der Waals surface area contributed by atoms with Gasteiger partial charge in [-0.3, -0.25) is 14.9 Å². The summed E-state index contributed by atoms with van der Waals surface area (Å²) in [6.45, 7) is 2.66. The highest BCUT2D eigenvalue weighted by Crippen LogP contribution is 2.30. The van der Waals surface area contributed by atoms with E-state index in [-0.39, 0.29) is 24.0 Å². The van der Waals surface area contributed by atoms with Crippen LogP contribution in [0.25, 0.3) is 10.8 Å². The minimum Gasteiger partial charge on any atom is -0.493 e. The van der Waals surface area contributed by atoms with Crippen molar-refractivity contribution in [3.8, 4) is 11.5 Å². The van der Waals surface area contributed by atoms with E-state index < -0.39 is 4.92 Å². The molecule has 7 heteroatoms. The Morgan fingerprint density at radius 1 is 1.00 bits per heavy atom. The van der Waals surface area contributed by atoms with E-state index in [1.165, 1.54) is 17.0 Å². The Morgan fingerprint density at radius 2 is 1.73 bits per heavy atom. The monoisotopic (exact) mass is 408 g/mol. The third-order valence-electron chi connectivity index (χ3n) is 4.69. The zero-order chi connectivity index (χ0) is 21.5. The van der Waals surface area contributed by atoms with Gasteiger partial charge in [-0.25, -0.2) is 0 Å². The summed E-state index contributed by atoms with van der Waals surface area (Å²) < 4.78 is 11.3. The Morgan fingerprint density at radius 3 is 2.50 bits per heavy atom. The number of likely N-dealkylation sites (N-methyl/N-ethyl adjacent to an activating group) is 1. The largest absolute Gasteiger partial charge is 0.493 e. The quantitative estimate of drug-likeness (QED) is 0.382. The molecule has 0 aliphatic carbocycles. The number of hydrogen-bond donors (Lipinski definition) is 0. The Hall–Kier alpha value is -3.61. The van der Waals surface area contributed by atoms with E-state index in [1.54, 1.807) is 19.2 Å². The molecule has 30 heavy (non-hydrogen) atoms. The lowest BCUT2D eigenvalue weighted by molar-refractivity contribution is -0.385. The van der Waals surface area contributed by atoms with Gasteiger partial charge in [-0.05, 0) is 29.3 Å². The van der Waals surface area contributed by atoms with Crippen LogP contribution >= 0.6 is 0 Å². The van der Waals surface area contributed by atoms with Crippen molar-refractivity contribution in [1.82, 2.24) is 4.90 Å². The van der Waals surface area contributed by atoms with Gasteiger partial charge >= 0.3 is 5.69 Å². The Bertz CT molecular complexity index is 1050. The fraction of sp³-hybridized carbons (Fsp3) is 0.261. The van der Waals surface area contributed by atoms with Crippen LogP contribution in [0, 0.1) is 10.1 Å². The van der Waals surface area contributed by atoms with Crippen LogP contribution < -0.4 is 9.47 Å². The number of ether oxygens (including phenoxy) is 2. The Kier molecular flexibility index (Phi) is 6.85. The molecule has 0 aliphatic rings. The lowest BCUT2D eigenvalue weighted by Gasteiger charge is -2.21. The van der Waals surface area contributed by atoms with Crippen molar-refractivity contribution in [3.63, 3.8) is 0 Å². The summed E-state index contributed by atoms with van der Waals surface area (Å²) >= 11 is 0.